The number of carbonyl (C=O) groups excluding carboxylic acids is 2. The van der Waals surface area contributed by atoms with E-state index in [1.165, 1.54) is 12.1 Å². The first-order chi connectivity index (χ1) is 30.3. The molecule has 0 bridgehead atoms. The summed E-state index contributed by atoms with van der Waals surface area (Å²) in [6, 6.07) is 11.8. The van der Waals surface area contributed by atoms with Crippen LogP contribution in [0.3, 0.4) is 0 Å². The standard InChI is InChI=1S/C44H34O20/c45-21-3-1-15(5-25(21)49)39-33(61-43(59)17-7-29(53)37(57)30(54)8-17)11-19-23(47)13-27(51)35(41(19)63-39)36-28(52)14-24(48)20-12-34(62-44(60)18-9-31(55)38(58)32(56)10-18)40(64-42(20)36)16-2-4-22(46)26(50)6-16/h1-10,13-14,33-34,39-40,45-58H,11-12H2/t33-,34-,39-,40-/m1/s1. The summed E-state index contributed by atoms with van der Waals surface area (Å²) in [5.41, 5.74) is -1.83. The van der Waals surface area contributed by atoms with Crippen LogP contribution in [0.4, 0.5) is 0 Å². The van der Waals surface area contributed by atoms with Crippen LogP contribution in [0.25, 0.3) is 11.1 Å². The highest BCUT2D eigenvalue weighted by Gasteiger charge is 2.43. The zero-order valence-electron chi connectivity index (χ0n) is 32.4. The third kappa shape index (κ3) is 7.23. The number of esters is 2. The molecule has 0 fully saturated rings. The summed E-state index contributed by atoms with van der Waals surface area (Å²) in [5.74, 6) is -13.4. The SMILES string of the molecule is O=C(O[C@@H]1Cc2c(O)cc(O)c(-c3c(O)cc(O)c4c3O[C@H](c3ccc(O)c(O)c3)[C@H](OC(=O)c3cc(O)c(O)c(O)c3)C4)c2O[C@@H]1c1ccc(O)c(O)c1)c1cc(O)c(O)c(O)c1. The van der Waals surface area contributed by atoms with Crippen LogP contribution < -0.4 is 9.47 Å². The Morgan fingerprint density at radius 2 is 0.750 bits per heavy atom. The average molecular weight is 883 g/mol. The minimum atomic E-state index is -1.48. The lowest BCUT2D eigenvalue weighted by Crippen LogP contribution is -2.35. The summed E-state index contributed by atoms with van der Waals surface area (Å²) < 4.78 is 24.3. The van der Waals surface area contributed by atoms with Gasteiger partial charge in [-0.2, -0.15) is 0 Å². The highest BCUT2D eigenvalue weighted by atomic mass is 16.6. The van der Waals surface area contributed by atoms with Crippen LogP contribution in [-0.2, 0) is 22.3 Å². The number of benzene rings is 6. The third-order valence-corrected chi connectivity index (χ3v) is 10.7. The van der Waals surface area contributed by atoms with Crippen LogP contribution in [-0.4, -0.2) is 95.6 Å². The number of rotatable bonds is 7. The molecule has 2 aliphatic rings. The molecule has 0 spiro atoms. The molecule has 4 atom stereocenters. The topological polar surface area (TPSA) is 354 Å². The number of aromatic hydroxyl groups is 14. The zero-order chi connectivity index (χ0) is 46.0. The Hall–Kier alpha value is -8.94. The van der Waals surface area contributed by atoms with E-state index >= 15 is 0 Å². The van der Waals surface area contributed by atoms with Crippen LogP contribution in [0.1, 0.15) is 55.2 Å². The average Bonchev–Trinajstić information content (AvgIpc) is 3.24. The van der Waals surface area contributed by atoms with Crippen LogP contribution >= 0.6 is 0 Å². The normalized spacial score (nSPS) is 17.6. The van der Waals surface area contributed by atoms with Gasteiger partial charge in [-0.3, -0.25) is 0 Å². The minimum Gasteiger partial charge on any atom is -0.507 e. The van der Waals surface area contributed by atoms with Gasteiger partial charge in [0, 0.05) is 47.2 Å². The molecule has 0 aliphatic carbocycles. The highest BCUT2D eigenvalue weighted by Crippen LogP contribution is 2.58. The van der Waals surface area contributed by atoms with E-state index in [-0.39, 0.29) is 44.9 Å². The van der Waals surface area contributed by atoms with Crippen molar-refractivity contribution in [3.05, 3.63) is 106 Å². The fraction of sp³-hybridized carbons (Fsp3) is 0.136. The van der Waals surface area contributed by atoms with Gasteiger partial charge in [-0.1, -0.05) is 12.1 Å². The van der Waals surface area contributed by atoms with Crippen LogP contribution in [0.15, 0.2) is 72.8 Å². The van der Waals surface area contributed by atoms with Crippen molar-refractivity contribution in [2.24, 2.45) is 0 Å². The molecule has 20 nitrogen and oxygen atoms in total. The Morgan fingerprint density at radius 1 is 0.406 bits per heavy atom. The molecule has 8 rings (SSSR count). The summed E-state index contributed by atoms with van der Waals surface area (Å²) in [6.07, 6.45) is -6.73. The van der Waals surface area contributed by atoms with Crippen molar-refractivity contribution in [2.45, 2.75) is 37.3 Å². The molecule has 20 heteroatoms. The van der Waals surface area contributed by atoms with E-state index in [9.17, 15) is 81.1 Å². The highest BCUT2D eigenvalue weighted by molar-refractivity contribution is 5.93. The maximum atomic E-state index is 13.5. The molecule has 6 aromatic carbocycles. The first kappa shape index (κ1) is 41.8. The first-order valence-electron chi connectivity index (χ1n) is 18.8. The lowest BCUT2D eigenvalue weighted by molar-refractivity contribution is -0.0197. The van der Waals surface area contributed by atoms with E-state index in [1.807, 2.05) is 0 Å². The monoisotopic (exact) mass is 882 g/mol. The number of fused-ring (bicyclic) bond motifs is 2. The molecule has 0 unspecified atom stereocenters. The molecular formula is C44H34O20. The molecule has 0 saturated heterocycles. The van der Waals surface area contributed by atoms with Crippen LogP contribution in [0, 0.1) is 0 Å². The summed E-state index contributed by atoms with van der Waals surface area (Å²) in [7, 11) is 0. The fourth-order valence-corrected chi connectivity index (χ4v) is 7.57. The van der Waals surface area contributed by atoms with Gasteiger partial charge in [0.1, 0.15) is 46.7 Å². The number of hydrogen-bond donors (Lipinski definition) is 14. The summed E-state index contributed by atoms with van der Waals surface area (Å²) in [5, 5.41) is 147. The molecule has 0 aromatic heterocycles. The van der Waals surface area contributed by atoms with Gasteiger partial charge in [0.15, 0.2) is 69.7 Å². The fourth-order valence-electron chi connectivity index (χ4n) is 7.57. The predicted octanol–water partition coefficient (Wildman–Crippen LogP) is 5.04. The molecule has 64 heavy (non-hydrogen) atoms. The maximum absolute atomic E-state index is 13.5. The number of carbonyl (C=O) groups is 2. The molecule has 14 N–H and O–H groups in total. The van der Waals surface area contributed by atoms with Crippen molar-refractivity contribution in [1.82, 2.24) is 0 Å². The Morgan fingerprint density at radius 3 is 1.08 bits per heavy atom. The number of phenols is 14. The predicted molar refractivity (Wildman–Crippen MR) is 214 cm³/mol. The molecule has 2 aliphatic heterocycles. The van der Waals surface area contributed by atoms with Crippen molar-refractivity contribution in [3.8, 4) is 103 Å². The van der Waals surface area contributed by atoms with E-state index in [4.69, 9.17) is 18.9 Å². The van der Waals surface area contributed by atoms with Gasteiger partial charge in [-0.15, -0.1) is 0 Å². The minimum absolute atomic E-state index is 0.0456. The van der Waals surface area contributed by atoms with Gasteiger partial charge in [0.05, 0.1) is 22.3 Å². The molecule has 0 radical (unpaired) electrons. The Labute approximate surface area is 358 Å². The second-order valence-electron chi connectivity index (χ2n) is 14.8. The van der Waals surface area contributed by atoms with Crippen molar-refractivity contribution < 1.29 is 100 Å². The van der Waals surface area contributed by atoms with Gasteiger partial charge < -0.3 is 90.4 Å². The number of phenolic OH excluding ortho intramolecular Hbond substituents is 14. The largest absolute Gasteiger partial charge is 0.507 e. The Balaban J connectivity index is 1.26. The smallest absolute Gasteiger partial charge is 0.338 e. The van der Waals surface area contributed by atoms with Gasteiger partial charge in [0.2, 0.25) is 0 Å². The molecule has 330 valence electrons. The van der Waals surface area contributed by atoms with Crippen LogP contribution in [0.5, 0.6) is 92.0 Å². The summed E-state index contributed by atoms with van der Waals surface area (Å²) in [6.45, 7) is 0. The lowest BCUT2D eigenvalue weighted by Gasteiger charge is -2.37. The molecule has 6 aromatic rings. The van der Waals surface area contributed by atoms with Crippen molar-refractivity contribution >= 4 is 11.9 Å². The second kappa shape index (κ2) is 15.5. The van der Waals surface area contributed by atoms with E-state index in [2.05, 4.69) is 0 Å². The molecule has 0 amide bonds. The molecular weight excluding hydrogens is 848 g/mol. The van der Waals surface area contributed by atoms with E-state index in [0.29, 0.717) is 0 Å². The van der Waals surface area contributed by atoms with E-state index in [1.54, 1.807) is 0 Å². The summed E-state index contributed by atoms with van der Waals surface area (Å²) in [4.78, 5) is 26.9. The third-order valence-electron chi connectivity index (χ3n) is 10.7. The van der Waals surface area contributed by atoms with Crippen molar-refractivity contribution in [3.63, 3.8) is 0 Å². The lowest BCUT2D eigenvalue weighted by atomic mass is 9.86. The van der Waals surface area contributed by atoms with Gasteiger partial charge in [-0.05, 0) is 48.5 Å². The molecule has 2 heterocycles. The second-order valence-corrected chi connectivity index (χ2v) is 14.8. The van der Waals surface area contributed by atoms with Crippen LogP contribution in [0.2, 0.25) is 0 Å². The van der Waals surface area contributed by atoms with E-state index in [0.717, 1.165) is 60.7 Å². The molecule has 0 saturated carbocycles. The number of hydrogen-bond acceptors (Lipinski definition) is 20. The van der Waals surface area contributed by atoms with Gasteiger partial charge in [-0.25, -0.2) is 9.59 Å². The van der Waals surface area contributed by atoms with Crippen molar-refractivity contribution in [2.75, 3.05) is 0 Å². The van der Waals surface area contributed by atoms with E-state index < -0.39 is 141 Å². The first-order valence-corrected chi connectivity index (χ1v) is 18.8. The van der Waals surface area contributed by atoms with Crippen molar-refractivity contribution in [1.29, 1.82) is 0 Å². The number of ether oxygens (including phenoxy) is 4. The maximum Gasteiger partial charge on any atom is 0.338 e. The Kier molecular flexibility index (Phi) is 10.1. The summed E-state index contributed by atoms with van der Waals surface area (Å²) >= 11 is 0. The zero-order valence-corrected chi connectivity index (χ0v) is 32.4. The quantitative estimate of drug-likeness (QED) is 0.0737. The van der Waals surface area contributed by atoms with Gasteiger partial charge >= 0.3 is 11.9 Å². The Bertz CT molecular complexity index is 2680. The van der Waals surface area contributed by atoms with Gasteiger partial charge in [0.25, 0.3) is 0 Å².